The Hall–Kier alpha value is -1.40. The molecule has 0 radical (unpaired) electrons. The molecule has 1 aliphatic heterocycles. The maximum absolute atomic E-state index is 13.0. The zero-order chi connectivity index (χ0) is 21.3. The smallest absolute Gasteiger partial charge is 0.223 e. The minimum atomic E-state index is 0.354. The number of aromatic nitrogens is 2. The van der Waals surface area contributed by atoms with Gasteiger partial charge in [0.1, 0.15) is 0 Å². The predicted octanol–water partition coefficient (Wildman–Crippen LogP) is 4.33. The van der Waals surface area contributed by atoms with Crippen LogP contribution in [0.5, 0.6) is 0 Å². The first-order chi connectivity index (χ1) is 14.6. The summed E-state index contributed by atoms with van der Waals surface area (Å²) in [6.07, 6.45) is 11.7. The Morgan fingerprint density at radius 1 is 1.17 bits per heavy atom. The summed E-state index contributed by atoms with van der Waals surface area (Å²) in [6, 6.07) is 0.400. The van der Waals surface area contributed by atoms with Gasteiger partial charge in [-0.05, 0) is 71.4 Å². The number of aromatic amines is 1. The fraction of sp³-hybridized carbons (Fsp3) is 0.833. The van der Waals surface area contributed by atoms with E-state index < -0.39 is 0 Å². The molecule has 1 saturated carbocycles. The molecule has 2 fully saturated rings. The zero-order valence-electron chi connectivity index (χ0n) is 19.4. The van der Waals surface area contributed by atoms with Crippen LogP contribution in [0.15, 0.2) is 6.20 Å². The van der Waals surface area contributed by atoms with Crippen molar-refractivity contribution < 1.29 is 9.53 Å². The summed E-state index contributed by atoms with van der Waals surface area (Å²) in [5.41, 5.74) is 2.67. The lowest BCUT2D eigenvalue weighted by Gasteiger charge is -2.37. The molecular weight excluding hydrogens is 376 g/mol. The van der Waals surface area contributed by atoms with Crippen LogP contribution in [0.4, 0.5) is 0 Å². The van der Waals surface area contributed by atoms with Gasteiger partial charge in [0, 0.05) is 55.9 Å². The lowest BCUT2D eigenvalue weighted by Crippen LogP contribution is -2.43. The Bertz CT molecular complexity index is 633. The van der Waals surface area contributed by atoms with Crippen LogP contribution >= 0.6 is 0 Å². The van der Waals surface area contributed by atoms with E-state index in [-0.39, 0.29) is 0 Å². The lowest BCUT2D eigenvalue weighted by atomic mass is 9.82. The van der Waals surface area contributed by atoms with Gasteiger partial charge in [-0.1, -0.05) is 13.3 Å². The largest absolute Gasteiger partial charge is 0.381 e. The number of carbonyl (C=O) groups excluding carboxylic acids is 1. The Morgan fingerprint density at radius 3 is 2.57 bits per heavy atom. The number of unbranched alkanes of at least 4 members (excludes halogenated alkanes) is 1. The van der Waals surface area contributed by atoms with Crippen molar-refractivity contribution in [2.75, 3.05) is 33.4 Å². The molecule has 30 heavy (non-hydrogen) atoms. The molecule has 1 amide bonds. The Labute approximate surface area is 182 Å². The van der Waals surface area contributed by atoms with E-state index in [1.54, 1.807) is 0 Å². The van der Waals surface area contributed by atoms with Gasteiger partial charge in [-0.3, -0.25) is 9.89 Å². The van der Waals surface area contributed by atoms with Crippen molar-refractivity contribution in [3.63, 3.8) is 0 Å². The molecule has 0 bridgehead atoms. The number of H-pyrrole nitrogens is 1. The van der Waals surface area contributed by atoms with Crippen LogP contribution in [0.3, 0.4) is 0 Å². The number of ether oxygens (including phenoxy) is 1. The molecule has 0 unspecified atom stereocenters. The molecule has 0 atom stereocenters. The molecule has 6 nitrogen and oxygen atoms in total. The SMILES string of the molecule is CCCCN(C)Cc1cn[nH]c1C1CCC(N(CC)C(=O)CC2CCOCC2)CC1. The number of carbonyl (C=O) groups is 1. The molecule has 1 aromatic rings. The highest BCUT2D eigenvalue weighted by Crippen LogP contribution is 2.36. The van der Waals surface area contributed by atoms with Crippen molar-refractivity contribution in [1.82, 2.24) is 20.0 Å². The van der Waals surface area contributed by atoms with E-state index >= 15 is 0 Å². The highest BCUT2D eigenvalue weighted by molar-refractivity contribution is 5.76. The molecule has 1 N–H and O–H groups in total. The van der Waals surface area contributed by atoms with Gasteiger partial charge in [0.25, 0.3) is 0 Å². The molecule has 0 aromatic carbocycles. The van der Waals surface area contributed by atoms with Crippen LogP contribution < -0.4 is 0 Å². The third-order valence-corrected chi connectivity index (χ3v) is 7.10. The average molecular weight is 419 g/mol. The van der Waals surface area contributed by atoms with Crippen molar-refractivity contribution in [1.29, 1.82) is 0 Å². The van der Waals surface area contributed by atoms with Gasteiger partial charge in [0.2, 0.25) is 5.91 Å². The maximum atomic E-state index is 13.0. The third kappa shape index (κ3) is 6.30. The molecule has 1 saturated heterocycles. The summed E-state index contributed by atoms with van der Waals surface area (Å²) in [7, 11) is 2.20. The van der Waals surface area contributed by atoms with Gasteiger partial charge in [-0.15, -0.1) is 0 Å². The molecule has 2 heterocycles. The number of amides is 1. The van der Waals surface area contributed by atoms with Crippen LogP contribution in [0, 0.1) is 5.92 Å². The van der Waals surface area contributed by atoms with Crippen molar-refractivity contribution in [2.24, 2.45) is 5.92 Å². The van der Waals surface area contributed by atoms with E-state index in [4.69, 9.17) is 4.74 Å². The molecule has 1 aromatic heterocycles. The second kappa shape index (κ2) is 11.8. The van der Waals surface area contributed by atoms with E-state index in [1.807, 2.05) is 6.20 Å². The first-order valence-electron chi connectivity index (χ1n) is 12.2. The third-order valence-electron chi connectivity index (χ3n) is 7.10. The predicted molar refractivity (Wildman–Crippen MR) is 120 cm³/mol. The minimum Gasteiger partial charge on any atom is -0.381 e. The Kier molecular flexibility index (Phi) is 9.19. The van der Waals surface area contributed by atoms with Crippen molar-refractivity contribution in [3.05, 3.63) is 17.5 Å². The fourth-order valence-electron chi connectivity index (χ4n) is 5.23. The normalized spacial score (nSPS) is 23.1. The highest BCUT2D eigenvalue weighted by atomic mass is 16.5. The first kappa shape index (κ1) is 23.3. The van der Waals surface area contributed by atoms with Crippen molar-refractivity contribution >= 4 is 5.91 Å². The van der Waals surface area contributed by atoms with Crippen LogP contribution in [0.1, 0.15) is 88.8 Å². The maximum Gasteiger partial charge on any atom is 0.223 e. The quantitative estimate of drug-likeness (QED) is 0.614. The number of rotatable bonds is 10. The van der Waals surface area contributed by atoms with Crippen molar-refractivity contribution in [2.45, 2.75) is 90.1 Å². The second-order valence-corrected chi connectivity index (χ2v) is 9.35. The van der Waals surface area contributed by atoms with Gasteiger partial charge >= 0.3 is 0 Å². The average Bonchev–Trinajstić information content (AvgIpc) is 3.22. The molecule has 170 valence electrons. The lowest BCUT2D eigenvalue weighted by molar-refractivity contribution is -0.135. The fourth-order valence-corrected chi connectivity index (χ4v) is 5.23. The highest BCUT2D eigenvalue weighted by Gasteiger charge is 2.31. The minimum absolute atomic E-state index is 0.354. The summed E-state index contributed by atoms with van der Waals surface area (Å²) in [4.78, 5) is 17.5. The van der Waals surface area contributed by atoms with Gasteiger partial charge in [-0.2, -0.15) is 5.10 Å². The Morgan fingerprint density at radius 2 is 1.90 bits per heavy atom. The van der Waals surface area contributed by atoms with Gasteiger partial charge in [0.15, 0.2) is 0 Å². The van der Waals surface area contributed by atoms with E-state index in [0.717, 1.165) is 71.4 Å². The topological polar surface area (TPSA) is 61.5 Å². The summed E-state index contributed by atoms with van der Waals surface area (Å²) in [5.74, 6) is 1.41. The number of nitrogens with zero attached hydrogens (tertiary/aromatic N) is 3. The van der Waals surface area contributed by atoms with E-state index in [2.05, 4.69) is 40.9 Å². The number of hydrogen-bond acceptors (Lipinski definition) is 4. The number of hydrogen-bond donors (Lipinski definition) is 1. The zero-order valence-corrected chi connectivity index (χ0v) is 19.4. The van der Waals surface area contributed by atoms with E-state index in [0.29, 0.717) is 30.2 Å². The molecule has 2 aliphatic rings. The van der Waals surface area contributed by atoms with Crippen LogP contribution in [-0.4, -0.2) is 65.3 Å². The van der Waals surface area contributed by atoms with Crippen LogP contribution in [-0.2, 0) is 16.1 Å². The van der Waals surface area contributed by atoms with Crippen LogP contribution in [0.2, 0.25) is 0 Å². The molecule has 1 aliphatic carbocycles. The van der Waals surface area contributed by atoms with E-state index in [1.165, 1.54) is 24.1 Å². The monoisotopic (exact) mass is 418 g/mol. The Balaban J connectivity index is 1.51. The molecule has 0 spiro atoms. The van der Waals surface area contributed by atoms with Gasteiger partial charge in [-0.25, -0.2) is 0 Å². The summed E-state index contributed by atoms with van der Waals surface area (Å²) in [5, 5.41) is 7.67. The first-order valence-corrected chi connectivity index (χ1v) is 12.2. The van der Waals surface area contributed by atoms with Gasteiger partial charge < -0.3 is 14.5 Å². The van der Waals surface area contributed by atoms with Gasteiger partial charge in [0.05, 0.1) is 6.20 Å². The van der Waals surface area contributed by atoms with Crippen LogP contribution in [0.25, 0.3) is 0 Å². The van der Waals surface area contributed by atoms with E-state index in [9.17, 15) is 4.79 Å². The molecule has 6 heteroatoms. The molecule has 3 rings (SSSR count). The summed E-state index contributed by atoms with van der Waals surface area (Å²) < 4.78 is 5.45. The summed E-state index contributed by atoms with van der Waals surface area (Å²) >= 11 is 0. The summed E-state index contributed by atoms with van der Waals surface area (Å²) in [6.45, 7) is 8.93. The molecular formula is C24H42N4O2. The second-order valence-electron chi connectivity index (χ2n) is 9.35. The van der Waals surface area contributed by atoms with Crippen molar-refractivity contribution in [3.8, 4) is 0 Å². The standard InChI is InChI=1S/C24H42N4O2/c1-4-6-13-27(3)18-21-17-25-26-24(21)20-7-9-22(10-8-20)28(5-2)23(29)16-19-11-14-30-15-12-19/h17,19-20,22H,4-16,18H2,1-3H3,(H,25,26). The number of nitrogens with one attached hydrogen (secondary N) is 1.